The molecule has 3 aromatic rings. The highest BCUT2D eigenvalue weighted by Gasteiger charge is 2.25. The number of nitrogens with one attached hydrogen (secondary N) is 3. The Balaban J connectivity index is 1.53. The quantitative estimate of drug-likeness (QED) is 0.167. The maximum atomic E-state index is 12.8. The van der Waals surface area contributed by atoms with E-state index in [0.29, 0.717) is 5.75 Å². The summed E-state index contributed by atoms with van der Waals surface area (Å²) in [6, 6.07) is 19.0. The van der Waals surface area contributed by atoms with Gasteiger partial charge in [-0.3, -0.25) is 10.0 Å². The molecular formula is C25H25Br2N3O7S. The minimum atomic E-state index is -4.14. The first-order valence-electron chi connectivity index (χ1n) is 11.2. The smallest absolute Gasteiger partial charge is 0.407 e. The monoisotopic (exact) mass is 669 g/mol. The number of halogens is 2. The molecule has 0 radical (unpaired) electrons. The van der Waals surface area contributed by atoms with Crippen LogP contribution in [0.25, 0.3) is 0 Å². The van der Waals surface area contributed by atoms with Gasteiger partial charge in [0.2, 0.25) is 10.0 Å². The number of hydrogen-bond acceptors (Lipinski definition) is 7. The number of rotatable bonds is 12. The molecule has 0 aliphatic heterocycles. The fourth-order valence-corrected chi connectivity index (χ4v) is 5.86. The molecule has 38 heavy (non-hydrogen) atoms. The number of hydroxylamine groups is 1. The predicted octanol–water partition coefficient (Wildman–Crippen LogP) is 4.26. The van der Waals surface area contributed by atoms with Gasteiger partial charge >= 0.3 is 6.09 Å². The average molecular weight is 671 g/mol. The van der Waals surface area contributed by atoms with Crippen molar-refractivity contribution in [3.05, 3.63) is 92.9 Å². The van der Waals surface area contributed by atoms with E-state index in [-0.39, 0.29) is 31.1 Å². The lowest BCUT2D eigenvalue weighted by Gasteiger charge is -2.17. The predicted molar refractivity (Wildman–Crippen MR) is 146 cm³/mol. The lowest BCUT2D eigenvalue weighted by atomic mass is 10.2. The van der Waals surface area contributed by atoms with Crippen LogP contribution in [0.2, 0.25) is 0 Å². The molecule has 0 heterocycles. The topological polar surface area (TPSA) is 143 Å². The third kappa shape index (κ3) is 9.40. The van der Waals surface area contributed by atoms with Crippen molar-refractivity contribution >= 4 is 53.9 Å². The summed E-state index contributed by atoms with van der Waals surface area (Å²) in [6.45, 7) is 0.231. The molecular weight excluding hydrogens is 646 g/mol. The zero-order valence-electron chi connectivity index (χ0n) is 19.9. The number of carbonyl (C=O) groups is 2. The molecule has 0 saturated carbocycles. The van der Waals surface area contributed by atoms with Crippen LogP contribution in [0.15, 0.2) is 86.6 Å². The summed E-state index contributed by atoms with van der Waals surface area (Å²) >= 11 is 6.83. The normalized spacial score (nSPS) is 11.9. The Morgan fingerprint density at radius 3 is 2.18 bits per heavy atom. The van der Waals surface area contributed by atoms with Crippen LogP contribution in [0.5, 0.6) is 5.75 Å². The van der Waals surface area contributed by atoms with Gasteiger partial charge in [-0.2, -0.15) is 4.72 Å². The third-order valence-electron chi connectivity index (χ3n) is 5.10. The molecule has 0 bridgehead atoms. The van der Waals surface area contributed by atoms with Crippen molar-refractivity contribution in [3.63, 3.8) is 0 Å². The standard InChI is InChI=1S/C25H25Br2N3O7S/c26-19-12-18(13-20(27)14-19)16-36-21-6-8-22(9-7-21)38(34,35)30-23(24(31)29-33)10-11-28-25(32)37-15-17-4-2-1-3-5-17/h1-9,12-14,23,30,33H,10-11,15-16H2,(H,28,32)(H,29,31)/t23-/m1/s1. The van der Waals surface area contributed by atoms with E-state index in [9.17, 15) is 18.0 Å². The fraction of sp³-hybridized carbons (Fsp3) is 0.200. The first kappa shape index (κ1) is 29.6. The Hall–Kier alpha value is -2.97. The van der Waals surface area contributed by atoms with Gasteiger partial charge in [0, 0.05) is 15.5 Å². The van der Waals surface area contributed by atoms with E-state index in [1.54, 1.807) is 12.1 Å². The zero-order chi connectivity index (χ0) is 27.5. The van der Waals surface area contributed by atoms with Gasteiger partial charge in [0.15, 0.2) is 0 Å². The second-order valence-electron chi connectivity index (χ2n) is 7.96. The van der Waals surface area contributed by atoms with Gasteiger partial charge in [-0.1, -0.05) is 62.2 Å². The van der Waals surface area contributed by atoms with Crippen LogP contribution in [0.3, 0.4) is 0 Å². The van der Waals surface area contributed by atoms with Crippen molar-refractivity contribution in [2.45, 2.75) is 30.6 Å². The number of amides is 2. The molecule has 202 valence electrons. The number of alkyl carbamates (subject to hydrolysis) is 1. The lowest BCUT2D eigenvalue weighted by Crippen LogP contribution is -2.47. The molecule has 10 nitrogen and oxygen atoms in total. The molecule has 0 aromatic heterocycles. The first-order chi connectivity index (χ1) is 18.2. The van der Waals surface area contributed by atoms with Crippen molar-refractivity contribution in [3.8, 4) is 5.75 Å². The summed E-state index contributed by atoms with van der Waals surface area (Å²) in [7, 11) is -4.14. The van der Waals surface area contributed by atoms with E-state index < -0.39 is 28.1 Å². The van der Waals surface area contributed by atoms with Gasteiger partial charge in [-0.25, -0.2) is 18.7 Å². The zero-order valence-corrected chi connectivity index (χ0v) is 23.9. The van der Waals surface area contributed by atoms with Crippen LogP contribution in [0.4, 0.5) is 4.79 Å². The Kier molecular flexibility index (Phi) is 11.1. The number of hydrogen-bond donors (Lipinski definition) is 4. The number of ether oxygens (including phenoxy) is 2. The van der Waals surface area contributed by atoms with Crippen LogP contribution >= 0.6 is 31.9 Å². The average Bonchev–Trinajstić information content (AvgIpc) is 2.90. The molecule has 0 saturated heterocycles. The van der Waals surface area contributed by atoms with Crippen molar-refractivity contribution < 1.29 is 32.7 Å². The van der Waals surface area contributed by atoms with Gasteiger partial charge in [0.1, 0.15) is 25.0 Å². The lowest BCUT2D eigenvalue weighted by molar-refractivity contribution is -0.131. The first-order valence-corrected chi connectivity index (χ1v) is 14.3. The molecule has 13 heteroatoms. The summed E-state index contributed by atoms with van der Waals surface area (Å²) in [6.07, 6.45) is -0.874. The molecule has 1 atom stereocenters. The van der Waals surface area contributed by atoms with Gasteiger partial charge in [0.05, 0.1) is 4.90 Å². The van der Waals surface area contributed by atoms with Crippen molar-refractivity contribution in [2.75, 3.05) is 6.54 Å². The summed E-state index contributed by atoms with van der Waals surface area (Å²) in [5.74, 6) is -0.531. The molecule has 3 aromatic carbocycles. The van der Waals surface area contributed by atoms with Crippen LogP contribution in [-0.4, -0.2) is 38.2 Å². The molecule has 4 N–H and O–H groups in total. The highest BCUT2D eigenvalue weighted by atomic mass is 79.9. The van der Waals surface area contributed by atoms with Crippen LogP contribution < -0.4 is 20.3 Å². The van der Waals surface area contributed by atoms with Gasteiger partial charge < -0.3 is 14.8 Å². The van der Waals surface area contributed by atoms with Crippen LogP contribution in [0, 0.1) is 0 Å². The summed E-state index contributed by atoms with van der Waals surface area (Å²) < 4.78 is 40.5. The van der Waals surface area contributed by atoms with Crippen LogP contribution in [-0.2, 0) is 32.8 Å². The number of benzene rings is 3. The van der Waals surface area contributed by atoms with Crippen molar-refractivity contribution in [1.29, 1.82) is 0 Å². The van der Waals surface area contributed by atoms with Crippen LogP contribution in [0.1, 0.15) is 17.5 Å². The van der Waals surface area contributed by atoms with E-state index >= 15 is 0 Å². The maximum Gasteiger partial charge on any atom is 0.407 e. The summed E-state index contributed by atoms with van der Waals surface area (Å²) in [4.78, 5) is 23.9. The van der Waals surface area contributed by atoms with Gasteiger partial charge in [-0.05, 0) is 60.0 Å². The largest absolute Gasteiger partial charge is 0.489 e. The Morgan fingerprint density at radius 2 is 1.55 bits per heavy atom. The van der Waals surface area contributed by atoms with E-state index in [1.165, 1.54) is 29.7 Å². The Bertz CT molecular complexity index is 1320. The highest BCUT2D eigenvalue weighted by molar-refractivity contribution is 9.11. The van der Waals surface area contributed by atoms with E-state index in [4.69, 9.17) is 14.7 Å². The second-order valence-corrected chi connectivity index (χ2v) is 11.5. The number of carbonyl (C=O) groups excluding carboxylic acids is 2. The Labute approximate surface area is 237 Å². The second kappa shape index (κ2) is 14.3. The van der Waals surface area contributed by atoms with E-state index in [2.05, 4.69) is 41.9 Å². The van der Waals surface area contributed by atoms with Gasteiger partial charge in [-0.15, -0.1) is 0 Å². The third-order valence-corrected chi connectivity index (χ3v) is 7.50. The maximum absolute atomic E-state index is 12.8. The number of sulfonamides is 1. The van der Waals surface area contributed by atoms with Gasteiger partial charge in [0.25, 0.3) is 5.91 Å². The molecule has 0 spiro atoms. The fourth-order valence-electron chi connectivity index (χ4n) is 3.25. The minimum absolute atomic E-state index is 0.0556. The SMILES string of the molecule is O=C(NCC[C@@H](NS(=O)(=O)c1ccc(OCc2cc(Br)cc(Br)c2)cc1)C(=O)NO)OCc1ccccc1. The van der Waals surface area contributed by atoms with E-state index in [0.717, 1.165) is 20.1 Å². The molecule has 0 aliphatic carbocycles. The van der Waals surface area contributed by atoms with Crippen molar-refractivity contribution in [1.82, 2.24) is 15.5 Å². The highest BCUT2D eigenvalue weighted by Crippen LogP contribution is 2.22. The summed E-state index contributed by atoms with van der Waals surface area (Å²) in [5, 5.41) is 11.5. The molecule has 3 rings (SSSR count). The minimum Gasteiger partial charge on any atom is -0.489 e. The molecule has 2 amide bonds. The van der Waals surface area contributed by atoms with Crippen molar-refractivity contribution in [2.24, 2.45) is 0 Å². The summed E-state index contributed by atoms with van der Waals surface area (Å²) in [5.41, 5.74) is 3.14. The molecule has 0 unspecified atom stereocenters. The molecule has 0 fully saturated rings. The molecule has 0 aliphatic rings. The Morgan fingerprint density at radius 1 is 0.895 bits per heavy atom. The van der Waals surface area contributed by atoms with E-state index in [1.807, 2.05) is 36.4 Å².